The first-order valence-electron chi connectivity index (χ1n) is 7.43. The predicted molar refractivity (Wildman–Crippen MR) is 81.3 cm³/mol. The number of hydrogen-bond acceptors (Lipinski definition) is 2. The van der Waals surface area contributed by atoms with Crippen molar-refractivity contribution < 1.29 is 14.7 Å². The Morgan fingerprint density at radius 3 is 2.20 bits per heavy atom. The molecule has 0 rings (SSSR count). The third-order valence-corrected chi connectivity index (χ3v) is 3.18. The molecular formula is C16H27NO3. The molecule has 114 valence electrons. The van der Waals surface area contributed by atoms with E-state index in [2.05, 4.69) is 13.5 Å². The number of amides is 1. The molecule has 0 aromatic carbocycles. The van der Waals surface area contributed by atoms with E-state index in [0.717, 1.165) is 19.3 Å². The second kappa shape index (κ2) is 11.3. The molecule has 4 heteroatoms. The van der Waals surface area contributed by atoms with E-state index in [1.165, 1.54) is 36.4 Å². The number of carboxylic acids is 1. The monoisotopic (exact) mass is 281 g/mol. The molecule has 0 fully saturated rings. The lowest BCUT2D eigenvalue weighted by Crippen LogP contribution is -2.26. The van der Waals surface area contributed by atoms with Crippen molar-refractivity contribution in [2.75, 3.05) is 6.54 Å². The van der Waals surface area contributed by atoms with E-state index in [-0.39, 0.29) is 11.5 Å². The summed E-state index contributed by atoms with van der Waals surface area (Å²) in [5.41, 5.74) is 0.242. The number of rotatable bonds is 11. The number of unbranched alkanes of at least 4 members (excludes halogenated alkanes) is 5. The second-order valence-corrected chi connectivity index (χ2v) is 4.82. The van der Waals surface area contributed by atoms with Gasteiger partial charge in [-0.05, 0) is 18.9 Å². The van der Waals surface area contributed by atoms with Crippen LogP contribution in [0.25, 0.3) is 0 Å². The van der Waals surface area contributed by atoms with E-state index in [1.807, 2.05) is 0 Å². The summed E-state index contributed by atoms with van der Waals surface area (Å²) in [5, 5.41) is 9.01. The van der Waals surface area contributed by atoms with Crippen LogP contribution in [-0.4, -0.2) is 28.4 Å². The van der Waals surface area contributed by atoms with Crippen LogP contribution in [0, 0.1) is 0 Å². The fourth-order valence-electron chi connectivity index (χ4n) is 1.90. The molecule has 1 amide bonds. The van der Waals surface area contributed by atoms with Crippen LogP contribution in [0.15, 0.2) is 24.4 Å². The van der Waals surface area contributed by atoms with Crippen LogP contribution in [0.1, 0.15) is 58.8 Å². The normalized spacial score (nSPS) is 11.2. The molecule has 0 aromatic heterocycles. The maximum Gasteiger partial charge on any atom is 0.333 e. The third kappa shape index (κ3) is 7.77. The molecule has 0 unspecified atom stereocenters. The van der Waals surface area contributed by atoms with Crippen LogP contribution in [-0.2, 0) is 9.59 Å². The van der Waals surface area contributed by atoms with Gasteiger partial charge in [0.25, 0.3) is 0 Å². The van der Waals surface area contributed by atoms with Crippen LogP contribution in [0.5, 0.6) is 0 Å². The minimum Gasteiger partial charge on any atom is -0.478 e. The van der Waals surface area contributed by atoms with Crippen molar-refractivity contribution >= 4 is 11.9 Å². The van der Waals surface area contributed by atoms with Gasteiger partial charge in [0.2, 0.25) is 5.91 Å². The van der Waals surface area contributed by atoms with Gasteiger partial charge in [-0.2, -0.15) is 0 Å². The van der Waals surface area contributed by atoms with Crippen molar-refractivity contribution in [1.29, 1.82) is 0 Å². The molecule has 0 saturated carbocycles. The van der Waals surface area contributed by atoms with Gasteiger partial charge < -0.3 is 10.0 Å². The average molecular weight is 281 g/mol. The van der Waals surface area contributed by atoms with Crippen molar-refractivity contribution in [2.24, 2.45) is 0 Å². The largest absolute Gasteiger partial charge is 0.478 e. The number of hydrogen-bond donors (Lipinski definition) is 1. The van der Waals surface area contributed by atoms with E-state index in [0.29, 0.717) is 13.0 Å². The van der Waals surface area contributed by atoms with Gasteiger partial charge in [-0.3, -0.25) is 4.79 Å². The molecule has 0 radical (unpaired) electrons. The third-order valence-electron chi connectivity index (χ3n) is 3.18. The number of nitrogens with zero attached hydrogens (tertiary/aromatic N) is 1. The van der Waals surface area contributed by atoms with Gasteiger partial charge in [0.1, 0.15) is 0 Å². The molecule has 0 aliphatic rings. The molecule has 1 N–H and O–H groups in total. The van der Waals surface area contributed by atoms with Crippen LogP contribution >= 0.6 is 0 Å². The highest BCUT2D eigenvalue weighted by atomic mass is 16.4. The van der Waals surface area contributed by atoms with Crippen molar-refractivity contribution in [3.05, 3.63) is 24.4 Å². The summed E-state index contributed by atoms with van der Waals surface area (Å²) >= 11 is 0. The maximum absolute atomic E-state index is 11.7. The first-order valence-corrected chi connectivity index (χ1v) is 7.43. The number of aliphatic carboxylic acids is 1. The summed E-state index contributed by atoms with van der Waals surface area (Å²) in [6.07, 6.45) is 9.84. The molecule has 0 saturated heterocycles. The van der Waals surface area contributed by atoms with Gasteiger partial charge in [0, 0.05) is 12.7 Å². The Morgan fingerprint density at radius 1 is 1.10 bits per heavy atom. The van der Waals surface area contributed by atoms with Gasteiger partial charge in [0.05, 0.1) is 5.57 Å². The van der Waals surface area contributed by atoms with E-state index in [4.69, 9.17) is 5.11 Å². The molecule has 0 aliphatic heterocycles. The molecule has 0 atom stereocenters. The summed E-state index contributed by atoms with van der Waals surface area (Å²) in [4.78, 5) is 24.2. The summed E-state index contributed by atoms with van der Waals surface area (Å²) in [6, 6.07) is 0. The number of carbonyl (C=O) groups is 2. The van der Waals surface area contributed by atoms with E-state index in [1.54, 1.807) is 6.92 Å². The van der Waals surface area contributed by atoms with Crippen LogP contribution in [0.3, 0.4) is 0 Å². The van der Waals surface area contributed by atoms with E-state index in [9.17, 15) is 9.59 Å². The Kier molecular flexibility index (Phi) is 10.4. The lowest BCUT2D eigenvalue weighted by atomic mass is 10.1. The molecule has 0 aliphatic carbocycles. The van der Waals surface area contributed by atoms with Crippen molar-refractivity contribution in [2.45, 2.75) is 58.8 Å². The maximum atomic E-state index is 11.7. The Bertz CT molecular complexity index is 348. The zero-order valence-corrected chi connectivity index (χ0v) is 12.7. The lowest BCUT2D eigenvalue weighted by molar-refractivity contribution is -0.132. The smallest absolute Gasteiger partial charge is 0.333 e. The average Bonchev–Trinajstić information content (AvgIpc) is 2.44. The zero-order chi connectivity index (χ0) is 15.4. The summed E-state index contributed by atoms with van der Waals surface area (Å²) in [6.45, 7) is 7.95. The van der Waals surface area contributed by atoms with E-state index >= 15 is 0 Å². The lowest BCUT2D eigenvalue weighted by Gasteiger charge is -2.17. The Morgan fingerprint density at radius 2 is 1.70 bits per heavy atom. The molecule has 0 bridgehead atoms. The first kappa shape index (κ1) is 18.4. The summed E-state index contributed by atoms with van der Waals surface area (Å²) in [5.74, 6) is -1.22. The topological polar surface area (TPSA) is 57.6 Å². The fourth-order valence-corrected chi connectivity index (χ4v) is 1.90. The summed E-state index contributed by atoms with van der Waals surface area (Å²) in [7, 11) is 0. The number of carboxylic acid groups (broad SMARTS) is 1. The van der Waals surface area contributed by atoms with Gasteiger partial charge >= 0.3 is 5.97 Å². The van der Waals surface area contributed by atoms with Gasteiger partial charge in [0.15, 0.2) is 0 Å². The van der Waals surface area contributed by atoms with Crippen LogP contribution in [0.2, 0.25) is 0 Å². The Hall–Kier alpha value is -1.58. The van der Waals surface area contributed by atoms with Crippen molar-refractivity contribution in [1.82, 2.24) is 4.90 Å². The van der Waals surface area contributed by atoms with Crippen LogP contribution in [0.4, 0.5) is 0 Å². The Labute approximate surface area is 122 Å². The number of carbonyl (C=O) groups excluding carboxylic acids is 1. The standard InChI is InChI=1S/C16H27NO3/c1-4-7-8-9-10-11-12-17(15(18)6-3)13-14(5-2)16(19)20/h6,13H,3-5,7-12H2,1-2H3,(H,19,20). The Balaban J connectivity index is 4.40. The first-order chi connectivity index (χ1) is 9.56. The molecular weight excluding hydrogens is 254 g/mol. The van der Waals surface area contributed by atoms with Gasteiger partial charge in [-0.15, -0.1) is 0 Å². The highest BCUT2D eigenvalue weighted by Gasteiger charge is 2.11. The highest BCUT2D eigenvalue weighted by molar-refractivity contribution is 5.90. The molecule has 4 nitrogen and oxygen atoms in total. The zero-order valence-electron chi connectivity index (χ0n) is 12.7. The molecule has 0 heterocycles. The van der Waals surface area contributed by atoms with Gasteiger partial charge in [-0.25, -0.2) is 4.79 Å². The van der Waals surface area contributed by atoms with Crippen molar-refractivity contribution in [3.8, 4) is 0 Å². The van der Waals surface area contributed by atoms with Gasteiger partial charge in [-0.1, -0.05) is 52.5 Å². The highest BCUT2D eigenvalue weighted by Crippen LogP contribution is 2.09. The fraction of sp³-hybridized carbons (Fsp3) is 0.625. The van der Waals surface area contributed by atoms with Crippen molar-refractivity contribution in [3.63, 3.8) is 0 Å². The molecule has 0 aromatic rings. The quantitative estimate of drug-likeness (QED) is 0.463. The predicted octanol–water partition coefficient (Wildman–Crippen LogP) is 3.74. The summed E-state index contributed by atoms with van der Waals surface area (Å²) < 4.78 is 0. The van der Waals surface area contributed by atoms with Crippen LogP contribution < -0.4 is 0 Å². The minimum absolute atomic E-state index is 0.242. The van der Waals surface area contributed by atoms with E-state index < -0.39 is 5.97 Å². The molecule has 0 spiro atoms. The molecule has 20 heavy (non-hydrogen) atoms. The second-order valence-electron chi connectivity index (χ2n) is 4.82. The SMILES string of the molecule is C=CC(=O)N(C=C(CC)C(=O)O)CCCCCCCC. The minimum atomic E-state index is -0.975.